The number of nitrogens with zero attached hydrogens (tertiary/aromatic N) is 2. The predicted octanol–water partition coefficient (Wildman–Crippen LogP) is 0.933. The zero-order valence-electron chi connectivity index (χ0n) is 9.67. The molecule has 0 radical (unpaired) electrons. The van der Waals surface area contributed by atoms with E-state index in [1.54, 1.807) is 19.2 Å². The Morgan fingerprint density at radius 2 is 2.28 bits per heavy atom. The highest BCUT2D eigenvalue weighted by atomic mass is 16.7. The van der Waals surface area contributed by atoms with E-state index >= 15 is 0 Å². The Kier molecular flexibility index (Phi) is 2.52. The minimum absolute atomic E-state index is 0.176. The average Bonchev–Trinajstić information content (AvgIpc) is 3.05. The topological polar surface area (TPSA) is 92.6 Å². The van der Waals surface area contributed by atoms with Gasteiger partial charge in [0.25, 0.3) is 0 Å². The highest BCUT2D eigenvalue weighted by Gasteiger charge is 2.24. The van der Waals surface area contributed by atoms with E-state index in [4.69, 9.17) is 24.5 Å². The summed E-state index contributed by atoms with van der Waals surface area (Å²) in [6.45, 7) is 0.370. The van der Waals surface area contributed by atoms with E-state index in [1.807, 2.05) is 0 Å². The summed E-state index contributed by atoms with van der Waals surface area (Å²) in [6, 6.07) is 3.57. The van der Waals surface area contributed by atoms with Gasteiger partial charge in [-0.2, -0.15) is 4.98 Å². The molecule has 3 rings (SSSR count). The van der Waals surface area contributed by atoms with Crippen molar-refractivity contribution >= 4 is 0 Å². The van der Waals surface area contributed by atoms with Gasteiger partial charge < -0.3 is 24.5 Å². The molecule has 0 amide bonds. The van der Waals surface area contributed by atoms with Crippen LogP contribution in [0.5, 0.6) is 17.2 Å². The lowest BCUT2D eigenvalue weighted by Gasteiger charge is -2.07. The normalized spacial score (nSPS) is 12.8. The van der Waals surface area contributed by atoms with Gasteiger partial charge in [0.1, 0.15) is 0 Å². The summed E-state index contributed by atoms with van der Waals surface area (Å²) in [5.74, 6) is 2.48. The van der Waals surface area contributed by atoms with Gasteiger partial charge in [-0.05, 0) is 12.1 Å². The first-order valence-electron chi connectivity index (χ1n) is 5.33. The maximum atomic E-state index is 5.43. The largest absolute Gasteiger partial charge is 0.492 e. The predicted molar refractivity (Wildman–Crippen MR) is 60.3 cm³/mol. The summed E-state index contributed by atoms with van der Waals surface area (Å²) in [5.41, 5.74) is 6.10. The second kappa shape index (κ2) is 4.19. The smallest absolute Gasteiger partial charge is 0.240 e. The molecule has 1 aromatic carbocycles. The third-order valence-corrected chi connectivity index (χ3v) is 2.58. The highest BCUT2D eigenvalue weighted by molar-refractivity contribution is 5.72. The van der Waals surface area contributed by atoms with Gasteiger partial charge in [-0.3, -0.25) is 0 Å². The molecule has 7 heteroatoms. The molecule has 0 saturated heterocycles. The molecule has 2 heterocycles. The molecular formula is C11H11N3O4. The number of hydrogen-bond donors (Lipinski definition) is 1. The van der Waals surface area contributed by atoms with Crippen LogP contribution in [0.25, 0.3) is 11.4 Å². The van der Waals surface area contributed by atoms with Gasteiger partial charge in [-0.25, -0.2) is 0 Å². The van der Waals surface area contributed by atoms with Crippen LogP contribution in [0.2, 0.25) is 0 Å². The molecule has 94 valence electrons. The minimum atomic E-state index is 0.176. The second-order valence-electron chi connectivity index (χ2n) is 3.60. The Morgan fingerprint density at radius 1 is 1.39 bits per heavy atom. The van der Waals surface area contributed by atoms with Crippen molar-refractivity contribution in [3.63, 3.8) is 0 Å². The summed E-state index contributed by atoms with van der Waals surface area (Å²) in [7, 11) is 1.55. The van der Waals surface area contributed by atoms with Crippen molar-refractivity contribution < 1.29 is 18.7 Å². The maximum Gasteiger partial charge on any atom is 0.240 e. The Labute approximate surface area is 102 Å². The van der Waals surface area contributed by atoms with Gasteiger partial charge >= 0.3 is 0 Å². The van der Waals surface area contributed by atoms with Crippen molar-refractivity contribution in [2.45, 2.75) is 6.54 Å². The number of nitrogens with two attached hydrogens (primary N) is 1. The Balaban J connectivity index is 2.11. The molecule has 0 spiro atoms. The van der Waals surface area contributed by atoms with Crippen LogP contribution in [0.4, 0.5) is 0 Å². The Bertz CT molecular complexity index is 582. The lowest BCUT2D eigenvalue weighted by molar-refractivity contribution is 0.171. The SMILES string of the molecule is COc1c(-c2noc(CN)n2)ccc2c1OCO2. The Morgan fingerprint density at radius 3 is 3.00 bits per heavy atom. The van der Waals surface area contributed by atoms with Crippen LogP contribution >= 0.6 is 0 Å². The van der Waals surface area contributed by atoms with E-state index in [0.29, 0.717) is 34.5 Å². The van der Waals surface area contributed by atoms with Crippen LogP contribution in [0, 0.1) is 0 Å². The molecule has 0 saturated carbocycles. The molecule has 1 aliphatic rings. The van der Waals surface area contributed by atoms with E-state index in [9.17, 15) is 0 Å². The molecule has 1 aliphatic heterocycles. The maximum absolute atomic E-state index is 5.43. The lowest BCUT2D eigenvalue weighted by Crippen LogP contribution is -1.96. The number of aromatic nitrogens is 2. The lowest BCUT2D eigenvalue weighted by atomic mass is 10.1. The molecule has 0 bridgehead atoms. The van der Waals surface area contributed by atoms with Crippen molar-refractivity contribution in [2.24, 2.45) is 5.73 Å². The summed E-state index contributed by atoms with van der Waals surface area (Å²) in [4.78, 5) is 4.15. The van der Waals surface area contributed by atoms with E-state index in [0.717, 1.165) is 0 Å². The second-order valence-corrected chi connectivity index (χ2v) is 3.60. The number of benzene rings is 1. The van der Waals surface area contributed by atoms with Crippen LogP contribution in [0.1, 0.15) is 5.89 Å². The van der Waals surface area contributed by atoms with E-state index in [2.05, 4.69) is 10.1 Å². The first kappa shape index (κ1) is 10.8. The van der Waals surface area contributed by atoms with E-state index in [1.165, 1.54) is 0 Å². The standard InChI is InChI=1S/C11H11N3O4/c1-15-9-6(11-13-8(4-12)18-14-11)2-3-7-10(9)17-5-16-7/h2-3H,4-5,12H2,1H3. The summed E-state index contributed by atoms with van der Waals surface area (Å²) in [6.07, 6.45) is 0. The van der Waals surface area contributed by atoms with Crippen molar-refractivity contribution in [1.82, 2.24) is 10.1 Å². The van der Waals surface area contributed by atoms with Gasteiger partial charge in [0.2, 0.25) is 24.3 Å². The monoisotopic (exact) mass is 249 g/mol. The molecule has 0 fully saturated rings. The van der Waals surface area contributed by atoms with Crippen LogP contribution in [-0.4, -0.2) is 24.0 Å². The summed E-state index contributed by atoms with van der Waals surface area (Å²) < 4.78 is 20.9. The average molecular weight is 249 g/mol. The fraction of sp³-hybridized carbons (Fsp3) is 0.273. The number of rotatable bonds is 3. The third-order valence-electron chi connectivity index (χ3n) is 2.58. The number of hydrogen-bond acceptors (Lipinski definition) is 7. The van der Waals surface area contributed by atoms with Crippen LogP contribution in [-0.2, 0) is 6.54 Å². The van der Waals surface area contributed by atoms with Gasteiger partial charge in [0.05, 0.1) is 19.2 Å². The van der Waals surface area contributed by atoms with Crippen LogP contribution < -0.4 is 19.9 Å². The van der Waals surface area contributed by atoms with Gasteiger partial charge in [0, 0.05) is 0 Å². The van der Waals surface area contributed by atoms with Gasteiger partial charge in [-0.15, -0.1) is 0 Å². The molecule has 2 aromatic rings. The first-order chi connectivity index (χ1) is 8.83. The number of fused-ring (bicyclic) bond motifs is 1. The van der Waals surface area contributed by atoms with Gasteiger partial charge in [0.15, 0.2) is 11.5 Å². The minimum Gasteiger partial charge on any atom is -0.492 e. The highest BCUT2D eigenvalue weighted by Crippen LogP contribution is 2.45. The van der Waals surface area contributed by atoms with Crippen LogP contribution in [0.3, 0.4) is 0 Å². The molecule has 0 aliphatic carbocycles. The molecular weight excluding hydrogens is 238 g/mol. The molecule has 1 aromatic heterocycles. The summed E-state index contributed by atoms with van der Waals surface area (Å²) >= 11 is 0. The quantitative estimate of drug-likeness (QED) is 0.864. The third kappa shape index (κ3) is 1.56. The van der Waals surface area contributed by atoms with Crippen molar-refractivity contribution in [2.75, 3.05) is 13.9 Å². The Hall–Kier alpha value is -2.28. The zero-order valence-corrected chi connectivity index (χ0v) is 9.67. The fourth-order valence-corrected chi connectivity index (χ4v) is 1.77. The van der Waals surface area contributed by atoms with Crippen molar-refractivity contribution in [3.8, 4) is 28.6 Å². The van der Waals surface area contributed by atoms with Crippen molar-refractivity contribution in [3.05, 3.63) is 18.0 Å². The fourth-order valence-electron chi connectivity index (χ4n) is 1.77. The molecule has 0 atom stereocenters. The number of ether oxygens (including phenoxy) is 3. The number of methoxy groups -OCH3 is 1. The molecule has 0 unspecified atom stereocenters. The molecule has 18 heavy (non-hydrogen) atoms. The van der Waals surface area contributed by atoms with E-state index < -0.39 is 0 Å². The molecule has 2 N–H and O–H groups in total. The van der Waals surface area contributed by atoms with E-state index in [-0.39, 0.29) is 13.3 Å². The van der Waals surface area contributed by atoms with Crippen LogP contribution in [0.15, 0.2) is 16.7 Å². The van der Waals surface area contributed by atoms with Gasteiger partial charge in [-0.1, -0.05) is 5.16 Å². The zero-order chi connectivity index (χ0) is 12.5. The van der Waals surface area contributed by atoms with Crippen molar-refractivity contribution in [1.29, 1.82) is 0 Å². The first-order valence-corrected chi connectivity index (χ1v) is 5.33. The summed E-state index contributed by atoms with van der Waals surface area (Å²) in [5, 5.41) is 3.85. The molecule has 7 nitrogen and oxygen atoms in total.